The van der Waals surface area contributed by atoms with Crippen LogP contribution in [0.15, 0.2) is 22.8 Å². The number of hydrogen-bond acceptors (Lipinski definition) is 3. The van der Waals surface area contributed by atoms with Crippen molar-refractivity contribution in [1.82, 2.24) is 9.97 Å². The molecule has 3 rings (SSSR count). The molecule has 0 aliphatic heterocycles. The van der Waals surface area contributed by atoms with Crippen LogP contribution >= 0.6 is 15.9 Å². The summed E-state index contributed by atoms with van der Waals surface area (Å²) in [7, 11) is 1.67. The van der Waals surface area contributed by atoms with Gasteiger partial charge in [-0.2, -0.15) is 0 Å². The molecule has 0 N–H and O–H groups in total. The van der Waals surface area contributed by atoms with Crippen LogP contribution in [0.2, 0.25) is 0 Å². The Labute approximate surface area is 102 Å². The summed E-state index contributed by atoms with van der Waals surface area (Å²) in [6.07, 6.45) is 2.42. The van der Waals surface area contributed by atoms with Gasteiger partial charge in [0.15, 0.2) is 0 Å². The molecule has 0 radical (unpaired) electrons. The second-order valence-electron chi connectivity index (χ2n) is 4.03. The highest BCUT2D eigenvalue weighted by molar-refractivity contribution is 9.10. The highest BCUT2D eigenvalue weighted by Gasteiger charge is 2.27. The molecule has 3 nitrogen and oxygen atoms in total. The van der Waals surface area contributed by atoms with Crippen LogP contribution in [0.5, 0.6) is 5.75 Å². The molecule has 1 aromatic carbocycles. The van der Waals surface area contributed by atoms with E-state index in [0.717, 1.165) is 27.1 Å². The van der Waals surface area contributed by atoms with Crippen LogP contribution in [0.1, 0.15) is 24.6 Å². The quantitative estimate of drug-likeness (QED) is 0.791. The van der Waals surface area contributed by atoms with Gasteiger partial charge in [0.2, 0.25) is 0 Å². The molecule has 16 heavy (non-hydrogen) atoms. The maximum absolute atomic E-state index is 5.20. The van der Waals surface area contributed by atoms with Gasteiger partial charge in [-0.05, 0) is 40.9 Å². The number of rotatable bonds is 2. The second-order valence-corrected chi connectivity index (χ2v) is 4.78. The van der Waals surface area contributed by atoms with Crippen molar-refractivity contribution >= 4 is 26.8 Å². The zero-order valence-corrected chi connectivity index (χ0v) is 10.5. The van der Waals surface area contributed by atoms with Crippen molar-refractivity contribution in [3.8, 4) is 5.75 Å². The third-order valence-corrected chi connectivity index (χ3v) is 3.42. The summed E-state index contributed by atoms with van der Waals surface area (Å²) < 4.78 is 6.08. The molecular formula is C12H11BrN2O. The Bertz CT molecular complexity index is 552. The molecule has 0 bridgehead atoms. The molecule has 2 aromatic rings. The summed E-state index contributed by atoms with van der Waals surface area (Å²) in [5.41, 5.74) is 0.947. The standard InChI is InChI=1S/C12H11BrN2O/c1-16-8-4-5-9-10(6-8)14-12(7-2-3-7)15-11(9)13/h4-7H,2-3H2,1H3. The van der Waals surface area contributed by atoms with Crippen molar-refractivity contribution in [3.63, 3.8) is 0 Å². The molecule has 1 saturated carbocycles. The fourth-order valence-electron chi connectivity index (χ4n) is 1.74. The molecule has 1 heterocycles. The van der Waals surface area contributed by atoms with Gasteiger partial charge < -0.3 is 4.74 Å². The van der Waals surface area contributed by atoms with Gasteiger partial charge in [-0.15, -0.1) is 0 Å². The number of nitrogens with zero attached hydrogens (tertiary/aromatic N) is 2. The molecule has 1 aliphatic rings. The number of hydrogen-bond donors (Lipinski definition) is 0. The van der Waals surface area contributed by atoms with Gasteiger partial charge in [0, 0.05) is 17.4 Å². The molecule has 82 valence electrons. The van der Waals surface area contributed by atoms with E-state index in [1.165, 1.54) is 12.8 Å². The van der Waals surface area contributed by atoms with Crippen LogP contribution in [-0.4, -0.2) is 17.1 Å². The molecule has 0 atom stereocenters. The summed E-state index contributed by atoms with van der Waals surface area (Å²) in [6, 6.07) is 5.86. The molecule has 0 amide bonds. The van der Waals surface area contributed by atoms with Crippen molar-refractivity contribution in [1.29, 1.82) is 0 Å². The first-order chi connectivity index (χ1) is 7.78. The van der Waals surface area contributed by atoms with E-state index >= 15 is 0 Å². The smallest absolute Gasteiger partial charge is 0.133 e. The van der Waals surface area contributed by atoms with Gasteiger partial charge in [-0.3, -0.25) is 0 Å². The van der Waals surface area contributed by atoms with Crippen molar-refractivity contribution in [2.24, 2.45) is 0 Å². The normalized spacial score (nSPS) is 15.4. The molecule has 0 saturated heterocycles. The van der Waals surface area contributed by atoms with E-state index in [1.807, 2.05) is 18.2 Å². The van der Waals surface area contributed by atoms with Crippen LogP contribution in [0.3, 0.4) is 0 Å². The van der Waals surface area contributed by atoms with Gasteiger partial charge in [-0.25, -0.2) is 9.97 Å². The lowest BCUT2D eigenvalue weighted by Crippen LogP contribution is -1.95. The summed E-state index contributed by atoms with van der Waals surface area (Å²) in [4.78, 5) is 9.07. The predicted octanol–water partition coefficient (Wildman–Crippen LogP) is 3.28. The lowest BCUT2D eigenvalue weighted by Gasteiger charge is -2.05. The number of halogens is 1. The van der Waals surface area contributed by atoms with Gasteiger partial charge in [0.25, 0.3) is 0 Å². The van der Waals surface area contributed by atoms with Crippen molar-refractivity contribution in [3.05, 3.63) is 28.6 Å². The van der Waals surface area contributed by atoms with Crippen LogP contribution in [-0.2, 0) is 0 Å². The van der Waals surface area contributed by atoms with Crippen LogP contribution in [0.4, 0.5) is 0 Å². The lowest BCUT2D eigenvalue weighted by molar-refractivity contribution is 0.415. The van der Waals surface area contributed by atoms with E-state index in [0.29, 0.717) is 5.92 Å². The topological polar surface area (TPSA) is 35.0 Å². The Morgan fingerprint density at radius 1 is 1.31 bits per heavy atom. The van der Waals surface area contributed by atoms with E-state index in [1.54, 1.807) is 7.11 Å². The van der Waals surface area contributed by atoms with E-state index in [4.69, 9.17) is 4.74 Å². The average molecular weight is 279 g/mol. The Balaban J connectivity index is 2.21. The fraction of sp³-hybridized carbons (Fsp3) is 0.333. The monoisotopic (exact) mass is 278 g/mol. The van der Waals surface area contributed by atoms with Crippen molar-refractivity contribution < 1.29 is 4.74 Å². The van der Waals surface area contributed by atoms with Gasteiger partial charge in [-0.1, -0.05) is 0 Å². The van der Waals surface area contributed by atoms with Crippen LogP contribution in [0, 0.1) is 0 Å². The number of aromatic nitrogens is 2. The zero-order valence-electron chi connectivity index (χ0n) is 8.90. The summed E-state index contributed by atoms with van der Waals surface area (Å²) >= 11 is 3.50. The average Bonchev–Trinajstić information content (AvgIpc) is 3.12. The van der Waals surface area contributed by atoms with Crippen molar-refractivity contribution in [2.45, 2.75) is 18.8 Å². The Morgan fingerprint density at radius 2 is 2.12 bits per heavy atom. The van der Waals surface area contributed by atoms with E-state index in [2.05, 4.69) is 25.9 Å². The third-order valence-electron chi connectivity index (χ3n) is 2.82. The Hall–Kier alpha value is -1.16. The highest BCUT2D eigenvalue weighted by atomic mass is 79.9. The van der Waals surface area contributed by atoms with Gasteiger partial charge in [0.1, 0.15) is 16.2 Å². The van der Waals surface area contributed by atoms with Crippen molar-refractivity contribution in [2.75, 3.05) is 7.11 Å². The second kappa shape index (κ2) is 3.70. The first kappa shape index (κ1) is 10.0. The van der Waals surface area contributed by atoms with Crippen LogP contribution < -0.4 is 4.74 Å². The lowest BCUT2D eigenvalue weighted by atomic mass is 10.2. The van der Waals surface area contributed by atoms with E-state index < -0.39 is 0 Å². The largest absolute Gasteiger partial charge is 0.497 e. The first-order valence-electron chi connectivity index (χ1n) is 5.29. The third kappa shape index (κ3) is 1.67. The number of ether oxygens (including phenoxy) is 1. The first-order valence-corrected chi connectivity index (χ1v) is 6.08. The minimum absolute atomic E-state index is 0.562. The molecule has 4 heteroatoms. The van der Waals surface area contributed by atoms with E-state index in [-0.39, 0.29) is 0 Å². The van der Waals surface area contributed by atoms with Gasteiger partial charge >= 0.3 is 0 Å². The zero-order chi connectivity index (χ0) is 11.1. The summed E-state index contributed by atoms with van der Waals surface area (Å²) in [5.74, 6) is 2.35. The fourth-order valence-corrected chi connectivity index (χ4v) is 2.26. The highest BCUT2D eigenvalue weighted by Crippen LogP contribution is 2.39. The Morgan fingerprint density at radius 3 is 2.81 bits per heavy atom. The summed E-state index contributed by atoms with van der Waals surface area (Å²) in [5, 5.41) is 1.03. The molecule has 0 unspecified atom stereocenters. The SMILES string of the molecule is COc1ccc2c(Br)nc(C3CC3)nc2c1. The summed E-state index contributed by atoms with van der Waals surface area (Å²) in [6.45, 7) is 0. The molecule has 1 fully saturated rings. The molecule has 0 spiro atoms. The van der Waals surface area contributed by atoms with Crippen LogP contribution in [0.25, 0.3) is 10.9 Å². The minimum atomic E-state index is 0.562. The number of fused-ring (bicyclic) bond motifs is 1. The number of methoxy groups -OCH3 is 1. The van der Waals surface area contributed by atoms with E-state index in [9.17, 15) is 0 Å². The molecular weight excluding hydrogens is 268 g/mol. The maximum Gasteiger partial charge on any atom is 0.133 e. The Kier molecular flexibility index (Phi) is 2.32. The molecule has 1 aliphatic carbocycles. The number of benzene rings is 1. The predicted molar refractivity (Wildman–Crippen MR) is 65.8 cm³/mol. The molecule has 1 aromatic heterocycles. The van der Waals surface area contributed by atoms with Gasteiger partial charge in [0.05, 0.1) is 12.6 Å². The minimum Gasteiger partial charge on any atom is -0.497 e. The maximum atomic E-state index is 5.20.